The lowest BCUT2D eigenvalue weighted by molar-refractivity contribution is -0.118. The van der Waals surface area contributed by atoms with Gasteiger partial charge in [0, 0.05) is 43.4 Å². The van der Waals surface area contributed by atoms with E-state index in [1.165, 1.54) is 11.0 Å². The molecule has 0 saturated carbocycles. The minimum absolute atomic E-state index is 0.0533. The summed E-state index contributed by atoms with van der Waals surface area (Å²) in [6.45, 7) is 6.67. The molecule has 1 unspecified atom stereocenters. The number of aryl methyl sites for hydroxylation is 1. The molecule has 1 aromatic rings. The third-order valence-electron chi connectivity index (χ3n) is 6.55. The Labute approximate surface area is 158 Å². The third kappa shape index (κ3) is 3.08. The Morgan fingerprint density at radius 2 is 1.96 bits per heavy atom. The number of amides is 2. The first kappa shape index (κ1) is 18.2. The molecule has 3 aliphatic rings. The van der Waals surface area contributed by atoms with E-state index in [0.717, 1.165) is 43.6 Å². The highest BCUT2D eigenvalue weighted by Gasteiger charge is 2.43. The van der Waals surface area contributed by atoms with Gasteiger partial charge in [0.2, 0.25) is 5.91 Å². The van der Waals surface area contributed by atoms with Crippen molar-refractivity contribution >= 4 is 17.7 Å². The highest BCUT2D eigenvalue weighted by Crippen LogP contribution is 2.37. The second-order valence-electron chi connectivity index (χ2n) is 8.34. The van der Waals surface area contributed by atoms with Gasteiger partial charge in [-0.15, -0.1) is 0 Å². The summed E-state index contributed by atoms with van der Waals surface area (Å²) in [5.41, 5.74) is 2.08. The number of anilines is 1. The number of nitrogens with zero attached hydrogens (tertiary/aromatic N) is 3. The van der Waals surface area contributed by atoms with Crippen LogP contribution in [0, 0.1) is 12.7 Å². The van der Waals surface area contributed by atoms with Crippen molar-refractivity contribution in [2.75, 3.05) is 31.1 Å². The summed E-state index contributed by atoms with van der Waals surface area (Å²) < 4.78 is 13.8. The van der Waals surface area contributed by atoms with Crippen molar-refractivity contribution in [1.82, 2.24) is 9.80 Å². The maximum absolute atomic E-state index is 13.8. The summed E-state index contributed by atoms with van der Waals surface area (Å²) in [5.74, 6) is -0.201. The zero-order valence-electron chi connectivity index (χ0n) is 15.9. The summed E-state index contributed by atoms with van der Waals surface area (Å²) >= 11 is 0. The largest absolute Gasteiger partial charge is 0.465 e. The molecule has 2 amide bonds. The number of carbonyl (C=O) groups is 2. The Bertz CT molecular complexity index is 791. The lowest BCUT2D eigenvalue weighted by Gasteiger charge is -2.44. The normalized spacial score (nSPS) is 26.7. The summed E-state index contributed by atoms with van der Waals surface area (Å²) in [6.07, 6.45) is 1.97. The molecule has 0 spiro atoms. The van der Waals surface area contributed by atoms with E-state index in [-0.39, 0.29) is 29.7 Å². The van der Waals surface area contributed by atoms with Crippen LogP contribution in [-0.4, -0.2) is 64.7 Å². The number of likely N-dealkylation sites (tertiary alicyclic amines) is 2. The van der Waals surface area contributed by atoms with E-state index in [1.54, 1.807) is 13.0 Å². The van der Waals surface area contributed by atoms with Crippen LogP contribution in [0.15, 0.2) is 12.1 Å². The van der Waals surface area contributed by atoms with Crippen LogP contribution >= 0.6 is 0 Å². The van der Waals surface area contributed by atoms with Crippen LogP contribution < -0.4 is 4.90 Å². The number of hydrogen-bond donors (Lipinski definition) is 1. The molecule has 1 atom stereocenters. The summed E-state index contributed by atoms with van der Waals surface area (Å²) in [6, 6.07) is 3.42. The molecule has 1 N–H and O–H groups in total. The van der Waals surface area contributed by atoms with Crippen molar-refractivity contribution in [2.24, 2.45) is 0 Å². The van der Waals surface area contributed by atoms with Crippen LogP contribution in [0.25, 0.3) is 0 Å². The van der Waals surface area contributed by atoms with Crippen molar-refractivity contribution in [3.05, 3.63) is 29.1 Å². The molecule has 7 heteroatoms. The molecule has 6 nitrogen and oxygen atoms in total. The predicted molar refractivity (Wildman–Crippen MR) is 99.5 cm³/mol. The Kier molecular flexibility index (Phi) is 4.37. The number of rotatable bonds is 2. The molecule has 1 aromatic carbocycles. The van der Waals surface area contributed by atoms with Crippen molar-refractivity contribution in [2.45, 2.75) is 51.1 Å². The summed E-state index contributed by atoms with van der Waals surface area (Å²) in [7, 11) is 0. The van der Waals surface area contributed by atoms with Crippen molar-refractivity contribution < 1.29 is 19.1 Å². The average Bonchev–Trinajstić information content (AvgIpc) is 3.17. The van der Waals surface area contributed by atoms with Crippen LogP contribution in [0.4, 0.5) is 14.9 Å². The van der Waals surface area contributed by atoms with Crippen LogP contribution in [-0.2, 0) is 11.2 Å². The molecular weight excluding hydrogens is 349 g/mol. The molecule has 0 bridgehead atoms. The predicted octanol–water partition coefficient (Wildman–Crippen LogP) is 2.63. The van der Waals surface area contributed by atoms with Gasteiger partial charge >= 0.3 is 6.09 Å². The quantitative estimate of drug-likeness (QED) is 0.863. The minimum Gasteiger partial charge on any atom is -0.465 e. The highest BCUT2D eigenvalue weighted by atomic mass is 19.1. The fraction of sp³-hybridized carbons (Fsp3) is 0.600. The molecule has 3 aliphatic heterocycles. The number of carbonyl (C=O) groups excluding carboxylic acids is 1. The number of fused-ring (bicyclic) bond motifs is 1. The number of piperidine rings is 1. The van der Waals surface area contributed by atoms with Gasteiger partial charge < -0.3 is 14.9 Å². The minimum atomic E-state index is -0.851. The summed E-state index contributed by atoms with van der Waals surface area (Å²) in [5, 5.41) is 9.23. The van der Waals surface area contributed by atoms with Gasteiger partial charge in [-0.25, -0.2) is 9.18 Å². The van der Waals surface area contributed by atoms with Gasteiger partial charge in [0.05, 0.1) is 6.42 Å². The number of hydrogen-bond acceptors (Lipinski definition) is 3. The van der Waals surface area contributed by atoms with E-state index in [4.69, 9.17) is 0 Å². The summed E-state index contributed by atoms with van der Waals surface area (Å²) in [4.78, 5) is 29.6. The van der Waals surface area contributed by atoms with Gasteiger partial charge in [0.25, 0.3) is 0 Å². The monoisotopic (exact) mass is 375 g/mol. The Morgan fingerprint density at radius 1 is 1.26 bits per heavy atom. The van der Waals surface area contributed by atoms with Crippen molar-refractivity contribution in [3.63, 3.8) is 0 Å². The van der Waals surface area contributed by atoms with E-state index in [2.05, 4.69) is 11.8 Å². The fourth-order valence-electron chi connectivity index (χ4n) is 4.89. The molecule has 146 valence electrons. The first-order valence-electron chi connectivity index (χ1n) is 9.62. The zero-order chi connectivity index (χ0) is 19.3. The van der Waals surface area contributed by atoms with Gasteiger partial charge in [-0.3, -0.25) is 9.69 Å². The van der Waals surface area contributed by atoms with Gasteiger partial charge in [-0.1, -0.05) is 0 Å². The average molecular weight is 375 g/mol. The Morgan fingerprint density at radius 3 is 2.59 bits per heavy atom. The number of carboxylic acid groups (broad SMARTS) is 1. The van der Waals surface area contributed by atoms with Gasteiger partial charge in [0.1, 0.15) is 5.82 Å². The second kappa shape index (κ2) is 6.48. The van der Waals surface area contributed by atoms with E-state index in [0.29, 0.717) is 18.7 Å². The van der Waals surface area contributed by atoms with Crippen LogP contribution in [0.3, 0.4) is 0 Å². The lowest BCUT2D eigenvalue weighted by Crippen LogP contribution is -2.55. The van der Waals surface area contributed by atoms with Crippen LogP contribution in [0.1, 0.15) is 37.3 Å². The Balaban J connectivity index is 1.46. The zero-order valence-corrected chi connectivity index (χ0v) is 15.9. The SMILES string of the molecule is Cc1cc2c(cc1F)CC(=O)N2C1CCN(C2(C)CCN(C(=O)O)C2)CC1. The maximum Gasteiger partial charge on any atom is 0.407 e. The molecule has 0 aromatic heterocycles. The molecule has 0 radical (unpaired) electrons. The third-order valence-corrected chi connectivity index (χ3v) is 6.55. The molecule has 3 heterocycles. The van der Waals surface area contributed by atoms with Gasteiger partial charge in [-0.05, 0) is 56.4 Å². The standard InChI is InChI=1S/C20H26FN3O3/c1-13-9-17-14(10-16(13)21)11-18(25)24(17)15-3-6-23(7-4-15)20(2)5-8-22(12-20)19(26)27/h9-10,15H,3-8,11-12H2,1-2H3,(H,26,27). The highest BCUT2D eigenvalue weighted by molar-refractivity contribution is 6.02. The topological polar surface area (TPSA) is 64.1 Å². The molecule has 0 aliphatic carbocycles. The van der Waals surface area contributed by atoms with Gasteiger partial charge in [-0.2, -0.15) is 0 Å². The second-order valence-corrected chi connectivity index (χ2v) is 8.34. The smallest absolute Gasteiger partial charge is 0.407 e. The Hall–Kier alpha value is -2.15. The molecule has 2 fully saturated rings. The molecular formula is C20H26FN3O3. The van der Waals surface area contributed by atoms with Crippen LogP contribution in [0.2, 0.25) is 0 Å². The number of halogens is 1. The van der Waals surface area contributed by atoms with Crippen molar-refractivity contribution in [3.8, 4) is 0 Å². The maximum atomic E-state index is 13.8. The van der Waals surface area contributed by atoms with E-state index in [9.17, 15) is 19.1 Å². The lowest BCUT2D eigenvalue weighted by atomic mass is 9.93. The first-order chi connectivity index (χ1) is 12.8. The molecule has 4 rings (SSSR count). The molecule has 27 heavy (non-hydrogen) atoms. The number of benzene rings is 1. The van der Waals surface area contributed by atoms with E-state index in [1.807, 2.05) is 4.90 Å². The first-order valence-corrected chi connectivity index (χ1v) is 9.62. The fourth-order valence-corrected chi connectivity index (χ4v) is 4.89. The van der Waals surface area contributed by atoms with E-state index < -0.39 is 6.09 Å². The van der Waals surface area contributed by atoms with E-state index >= 15 is 0 Å². The van der Waals surface area contributed by atoms with Gasteiger partial charge in [0.15, 0.2) is 0 Å². The van der Waals surface area contributed by atoms with Crippen LogP contribution in [0.5, 0.6) is 0 Å². The van der Waals surface area contributed by atoms with Crippen molar-refractivity contribution in [1.29, 1.82) is 0 Å². The molecule has 2 saturated heterocycles.